The number of carbonyl (C=O) groups excluding carboxylic acids is 1. The second kappa shape index (κ2) is 4.91. The standard InChI is InChI=1S/C13H15N3O/c1-3-10-8-12(16(2)15-10)13(17)9-11-6-4-5-7-14-11/h4-8H,3,9H2,1-2H3. The molecule has 4 heteroatoms. The fourth-order valence-corrected chi connectivity index (χ4v) is 1.72. The first kappa shape index (κ1) is 11.5. The summed E-state index contributed by atoms with van der Waals surface area (Å²) in [5.41, 5.74) is 2.38. The van der Waals surface area contributed by atoms with Crippen LogP contribution in [0.2, 0.25) is 0 Å². The van der Waals surface area contributed by atoms with Gasteiger partial charge in [0.15, 0.2) is 5.78 Å². The van der Waals surface area contributed by atoms with Crippen LogP contribution < -0.4 is 0 Å². The van der Waals surface area contributed by atoms with Crippen molar-refractivity contribution in [3.8, 4) is 0 Å². The van der Waals surface area contributed by atoms with Crippen LogP contribution in [0.5, 0.6) is 0 Å². The number of hydrogen-bond donors (Lipinski definition) is 0. The molecule has 0 spiro atoms. The number of hydrogen-bond acceptors (Lipinski definition) is 3. The van der Waals surface area contributed by atoms with Gasteiger partial charge in [0.1, 0.15) is 5.69 Å². The van der Waals surface area contributed by atoms with Gasteiger partial charge in [-0.25, -0.2) is 0 Å². The van der Waals surface area contributed by atoms with Gasteiger partial charge in [-0.1, -0.05) is 13.0 Å². The minimum Gasteiger partial charge on any atom is -0.292 e. The van der Waals surface area contributed by atoms with Crippen molar-refractivity contribution in [2.24, 2.45) is 7.05 Å². The second-order valence-corrected chi connectivity index (χ2v) is 3.92. The average molecular weight is 229 g/mol. The first-order chi connectivity index (χ1) is 8.20. The van der Waals surface area contributed by atoms with E-state index < -0.39 is 0 Å². The maximum Gasteiger partial charge on any atom is 0.186 e. The lowest BCUT2D eigenvalue weighted by Gasteiger charge is -2.00. The van der Waals surface area contributed by atoms with Crippen LogP contribution in [0.3, 0.4) is 0 Å². The van der Waals surface area contributed by atoms with Crippen LogP contribution in [-0.2, 0) is 19.9 Å². The summed E-state index contributed by atoms with van der Waals surface area (Å²) in [7, 11) is 1.80. The first-order valence-corrected chi connectivity index (χ1v) is 5.66. The van der Waals surface area contributed by atoms with Crippen LogP contribution in [0.15, 0.2) is 30.5 Å². The number of carbonyl (C=O) groups is 1. The lowest BCUT2D eigenvalue weighted by molar-refractivity contribution is 0.0983. The maximum atomic E-state index is 12.1. The molecule has 0 saturated carbocycles. The molecular formula is C13H15N3O. The zero-order valence-corrected chi connectivity index (χ0v) is 10.1. The Balaban J connectivity index is 2.17. The molecule has 2 rings (SSSR count). The van der Waals surface area contributed by atoms with Gasteiger partial charge in [-0.05, 0) is 24.6 Å². The largest absolute Gasteiger partial charge is 0.292 e. The fraction of sp³-hybridized carbons (Fsp3) is 0.308. The summed E-state index contributed by atoms with van der Waals surface area (Å²) in [5.74, 6) is 0.0541. The highest BCUT2D eigenvalue weighted by atomic mass is 16.1. The lowest BCUT2D eigenvalue weighted by Crippen LogP contribution is -2.10. The molecule has 0 fully saturated rings. The molecule has 0 aromatic carbocycles. The molecule has 17 heavy (non-hydrogen) atoms. The van der Waals surface area contributed by atoms with Crippen LogP contribution in [0.25, 0.3) is 0 Å². The zero-order valence-electron chi connectivity index (χ0n) is 10.1. The topological polar surface area (TPSA) is 47.8 Å². The normalized spacial score (nSPS) is 10.5. The van der Waals surface area contributed by atoms with E-state index in [0.717, 1.165) is 17.8 Å². The Morgan fingerprint density at radius 1 is 1.35 bits per heavy atom. The van der Waals surface area contributed by atoms with Gasteiger partial charge in [0.25, 0.3) is 0 Å². The quantitative estimate of drug-likeness (QED) is 0.751. The Morgan fingerprint density at radius 2 is 2.18 bits per heavy atom. The number of nitrogens with zero attached hydrogens (tertiary/aromatic N) is 3. The molecule has 2 aromatic heterocycles. The van der Waals surface area contributed by atoms with Crippen molar-refractivity contribution in [1.82, 2.24) is 14.8 Å². The highest BCUT2D eigenvalue weighted by Gasteiger charge is 2.13. The summed E-state index contributed by atoms with van der Waals surface area (Å²) in [4.78, 5) is 16.2. The van der Waals surface area contributed by atoms with E-state index in [4.69, 9.17) is 0 Å². The molecule has 0 radical (unpaired) electrons. The molecule has 0 amide bonds. The van der Waals surface area contributed by atoms with Gasteiger partial charge in [-0.2, -0.15) is 5.10 Å². The van der Waals surface area contributed by atoms with Crippen molar-refractivity contribution < 1.29 is 4.79 Å². The Bertz CT molecular complexity index is 517. The zero-order chi connectivity index (χ0) is 12.3. The summed E-state index contributed by atoms with van der Waals surface area (Å²) in [6, 6.07) is 7.43. The van der Waals surface area contributed by atoms with E-state index >= 15 is 0 Å². The van der Waals surface area contributed by atoms with E-state index in [-0.39, 0.29) is 5.78 Å². The number of ketones is 1. The Hall–Kier alpha value is -1.97. The molecule has 0 N–H and O–H groups in total. The van der Waals surface area contributed by atoms with E-state index in [2.05, 4.69) is 10.1 Å². The monoisotopic (exact) mass is 229 g/mol. The third kappa shape index (κ3) is 2.58. The molecule has 0 saturated heterocycles. The van der Waals surface area contributed by atoms with Gasteiger partial charge >= 0.3 is 0 Å². The van der Waals surface area contributed by atoms with Crippen LogP contribution in [0.4, 0.5) is 0 Å². The van der Waals surface area contributed by atoms with E-state index in [1.54, 1.807) is 17.9 Å². The van der Waals surface area contributed by atoms with Crippen molar-refractivity contribution in [2.45, 2.75) is 19.8 Å². The SMILES string of the molecule is CCc1cc(C(=O)Cc2ccccn2)n(C)n1. The van der Waals surface area contributed by atoms with Crippen molar-refractivity contribution in [1.29, 1.82) is 0 Å². The molecule has 4 nitrogen and oxygen atoms in total. The number of Topliss-reactive ketones (excluding diaryl/α,β-unsaturated/α-hetero) is 1. The van der Waals surface area contributed by atoms with Crippen LogP contribution >= 0.6 is 0 Å². The highest BCUT2D eigenvalue weighted by Crippen LogP contribution is 2.08. The summed E-state index contributed by atoms with van der Waals surface area (Å²) < 4.78 is 1.64. The van der Waals surface area contributed by atoms with Crippen LogP contribution in [0.1, 0.15) is 28.8 Å². The number of rotatable bonds is 4. The minimum atomic E-state index is 0.0541. The molecule has 0 unspecified atom stereocenters. The van der Waals surface area contributed by atoms with Gasteiger partial charge < -0.3 is 0 Å². The molecule has 0 aliphatic rings. The Morgan fingerprint density at radius 3 is 2.76 bits per heavy atom. The summed E-state index contributed by atoms with van der Waals surface area (Å²) >= 11 is 0. The Kier molecular flexibility index (Phi) is 3.32. The van der Waals surface area contributed by atoms with Gasteiger partial charge in [-0.3, -0.25) is 14.5 Å². The predicted octanol–water partition coefficient (Wildman–Crippen LogP) is 1.80. The van der Waals surface area contributed by atoms with Gasteiger partial charge in [0.2, 0.25) is 0 Å². The van der Waals surface area contributed by atoms with Crippen LogP contribution in [0, 0.1) is 0 Å². The molecule has 2 aromatic rings. The van der Waals surface area contributed by atoms with Crippen molar-refractivity contribution in [3.05, 3.63) is 47.5 Å². The van der Waals surface area contributed by atoms with Crippen molar-refractivity contribution in [3.63, 3.8) is 0 Å². The minimum absolute atomic E-state index is 0.0541. The lowest BCUT2D eigenvalue weighted by atomic mass is 10.1. The van der Waals surface area contributed by atoms with E-state index in [1.165, 1.54) is 0 Å². The van der Waals surface area contributed by atoms with Crippen molar-refractivity contribution in [2.75, 3.05) is 0 Å². The predicted molar refractivity (Wildman–Crippen MR) is 64.9 cm³/mol. The molecule has 88 valence electrons. The van der Waals surface area contributed by atoms with E-state index in [0.29, 0.717) is 12.1 Å². The smallest absolute Gasteiger partial charge is 0.186 e. The maximum absolute atomic E-state index is 12.1. The molecule has 0 atom stereocenters. The molecule has 2 heterocycles. The number of aryl methyl sites for hydroxylation is 2. The Labute approximate surface area is 100 Å². The van der Waals surface area contributed by atoms with E-state index in [1.807, 2.05) is 31.2 Å². The van der Waals surface area contributed by atoms with Crippen molar-refractivity contribution >= 4 is 5.78 Å². The molecular weight excluding hydrogens is 214 g/mol. The third-order valence-corrected chi connectivity index (χ3v) is 2.65. The fourth-order valence-electron chi connectivity index (χ4n) is 1.72. The summed E-state index contributed by atoms with van der Waals surface area (Å²) in [6.45, 7) is 2.02. The van der Waals surface area contributed by atoms with Gasteiger partial charge in [-0.15, -0.1) is 0 Å². The summed E-state index contributed by atoms with van der Waals surface area (Å²) in [5, 5.41) is 4.27. The second-order valence-electron chi connectivity index (χ2n) is 3.92. The number of aromatic nitrogens is 3. The molecule has 0 aliphatic heterocycles. The van der Waals surface area contributed by atoms with Crippen LogP contribution in [-0.4, -0.2) is 20.5 Å². The molecule has 0 bridgehead atoms. The average Bonchev–Trinajstić information content (AvgIpc) is 2.72. The third-order valence-electron chi connectivity index (χ3n) is 2.65. The highest BCUT2D eigenvalue weighted by molar-refractivity contribution is 5.95. The van der Waals surface area contributed by atoms with Gasteiger partial charge in [0.05, 0.1) is 12.1 Å². The first-order valence-electron chi connectivity index (χ1n) is 5.66. The molecule has 0 aliphatic carbocycles. The number of pyridine rings is 1. The van der Waals surface area contributed by atoms with E-state index in [9.17, 15) is 4.79 Å². The van der Waals surface area contributed by atoms with Gasteiger partial charge in [0, 0.05) is 18.9 Å². The summed E-state index contributed by atoms with van der Waals surface area (Å²) in [6.07, 6.45) is 2.86.